The Labute approximate surface area is 207 Å². The smallest absolute Gasteiger partial charge is 0.245 e. The van der Waals surface area contributed by atoms with Gasteiger partial charge in [-0.15, -0.1) is 0 Å². The normalized spacial score (nSPS) is 26.9. The highest BCUT2D eigenvalue weighted by molar-refractivity contribution is 7.92. The molecule has 4 fully saturated rings. The summed E-state index contributed by atoms with van der Waals surface area (Å²) in [6.07, 6.45) is 8.98. The second-order valence-electron chi connectivity index (χ2n) is 10.8. The number of nitrogens with zero attached hydrogens (tertiary/aromatic N) is 1. The van der Waals surface area contributed by atoms with Gasteiger partial charge in [0, 0.05) is 18.3 Å². The molecular weight excluding hydrogens is 462 g/mol. The molecule has 7 nitrogen and oxygen atoms in total. The van der Waals surface area contributed by atoms with E-state index in [9.17, 15) is 18.0 Å². The molecule has 0 saturated heterocycles. The highest BCUT2D eigenvalue weighted by Crippen LogP contribution is 2.60. The van der Waals surface area contributed by atoms with Crippen molar-refractivity contribution >= 4 is 38.9 Å². The lowest BCUT2D eigenvalue weighted by molar-refractivity contribution is -0.115. The van der Waals surface area contributed by atoms with E-state index in [0.717, 1.165) is 28.3 Å². The number of carbonyl (C=O) groups excluding carboxylic acids is 2. The molecule has 0 atom stereocenters. The molecule has 2 aromatic carbocycles. The van der Waals surface area contributed by atoms with E-state index >= 15 is 0 Å². The van der Waals surface area contributed by atoms with Gasteiger partial charge in [-0.1, -0.05) is 18.2 Å². The van der Waals surface area contributed by atoms with Crippen molar-refractivity contribution < 1.29 is 18.0 Å². The summed E-state index contributed by atoms with van der Waals surface area (Å²) in [4.78, 5) is 24.1. The Balaban J connectivity index is 1.31. The Morgan fingerprint density at radius 3 is 1.97 bits per heavy atom. The van der Waals surface area contributed by atoms with E-state index in [0.29, 0.717) is 17.1 Å². The fraction of sp³-hybridized carbons (Fsp3) is 0.481. The highest BCUT2D eigenvalue weighted by atomic mass is 32.2. The number of benzene rings is 2. The lowest BCUT2D eigenvalue weighted by Gasteiger charge is -2.57. The van der Waals surface area contributed by atoms with Crippen LogP contribution < -0.4 is 14.9 Å². The van der Waals surface area contributed by atoms with E-state index in [1.165, 1.54) is 51.0 Å². The van der Waals surface area contributed by atoms with Gasteiger partial charge in [-0.05, 0) is 97.6 Å². The maximum Gasteiger partial charge on any atom is 0.245 e. The molecule has 35 heavy (non-hydrogen) atoms. The van der Waals surface area contributed by atoms with Crippen molar-refractivity contribution in [3.05, 3.63) is 54.1 Å². The zero-order valence-electron chi connectivity index (χ0n) is 20.3. The van der Waals surface area contributed by atoms with Crippen molar-refractivity contribution in [2.75, 3.05) is 27.7 Å². The van der Waals surface area contributed by atoms with Crippen LogP contribution >= 0.6 is 0 Å². The van der Waals surface area contributed by atoms with E-state index < -0.39 is 15.9 Å². The van der Waals surface area contributed by atoms with Crippen molar-refractivity contribution in [1.82, 2.24) is 0 Å². The van der Waals surface area contributed by atoms with Gasteiger partial charge in [-0.25, -0.2) is 8.42 Å². The lowest BCUT2D eigenvalue weighted by Crippen LogP contribution is -2.48. The van der Waals surface area contributed by atoms with Gasteiger partial charge < -0.3 is 10.6 Å². The first-order chi connectivity index (χ1) is 16.6. The Bertz CT molecular complexity index is 1200. The molecule has 6 rings (SSSR count). The number of carbonyl (C=O) groups is 2. The fourth-order valence-electron chi connectivity index (χ4n) is 7.05. The molecule has 0 spiro atoms. The van der Waals surface area contributed by atoms with E-state index in [4.69, 9.17) is 0 Å². The van der Waals surface area contributed by atoms with Gasteiger partial charge in [0.05, 0.1) is 11.9 Å². The number of amides is 2. The van der Waals surface area contributed by atoms with E-state index in [1.807, 2.05) is 12.1 Å². The van der Waals surface area contributed by atoms with E-state index in [2.05, 4.69) is 22.8 Å². The quantitative estimate of drug-likeness (QED) is 0.590. The third kappa shape index (κ3) is 5.08. The Hall–Kier alpha value is -2.87. The molecule has 2 N–H and O–H groups in total. The third-order valence-corrected chi connectivity index (χ3v) is 9.10. The molecule has 0 unspecified atom stereocenters. The molecular formula is C27H33N3O4S. The molecule has 2 amide bonds. The first-order valence-corrected chi connectivity index (χ1v) is 14.2. The van der Waals surface area contributed by atoms with Crippen molar-refractivity contribution in [3.8, 4) is 0 Å². The van der Waals surface area contributed by atoms with Crippen LogP contribution in [0.5, 0.6) is 0 Å². The summed E-state index contributed by atoms with van der Waals surface area (Å²) in [6.45, 7) is 1.07. The second-order valence-corrected chi connectivity index (χ2v) is 12.7. The molecule has 0 aromatic heterocycles. The Morgan fingerprint density at radius 1 is 0.914 bits per heavy atom. The zero-order chi connectivity index (χ0) is 24.8. The third-order valence-electron chi connectivity index (χ3n) is 7.96. The van der Waals surface area contributed by atoms with Crippen molar-refractivity contribution in [1.29, 1.82) is 0 Å². The second kappa shape index (κ2) is 8.97. The molecule has 4 aliphatic rings. The van der Waals surface area contributed by atoms with Gasteiger partial charge in [-0.3, -0.25) is 13.9 Å². The van der Waals surface area contributed by atoms with Crippen LogP contribution in [0.15, 0.2) is 48.5 Å². The molecule has 4 bridgehead atoms. The highest BCUT2D eigenvalue weighted by Gasteiger charge is 2.51. The van der Waals surface area contributed by atoms with Gasteiger partial charge in [-0.2, -0.15) is 0 Å². The predicted octanol–water partition coefficient (Wildman–Crippen LogP) is 4.52. The maximum atomic E-state index is 12.8. The summed E-state index contributed by atoms with van der Waals surface area (Å²) < 4.78 is 26.3. The number of sulfonamides is 1. The summed E-state index contributed by atoms with van der Waals surface area (Å²) in [5.74, 6) is 1.83. The maximum absolute atomic E-state index is 12.8. The summed E-state index contributed by atoms with van der Waals surface area (Å²) in [5.41, 5.74) is 3.07. The molecule has 0 heterocycles. The van der Waals surface area contributed by atoms with Gasteiger partial charge in [0.15, 0.2) is 0 Å². The van der Waals surface area contributed by atoms with Gasteiger partial charge in [0.2, 0.25) is 21.8 Å². The Morgan fingerprint density at radius 2 is 1.46 bits per heavy atom. The predicted molar refractivity (Wildman–Crippen MR) is 138 cm³/mol. The number of hydrogen-bond donors (Lipinski definition) is 2. The van der Waals surface area contributed by atoms with Gasteiger partial charge in [0.1, 0.15) is 6.54 Å². The van der Waals surface area contributed by atoms with Crippen LogP contribution in [0.2, 0.25) is 0 Å². The molecule has 4 saturated carbocycles. The minimum Gasteiger partial charge on any atom is -0.326 e. The van der Waals surface area contributed by atoms with Crippen LogP contribution in [0.3, 0.4) is 0 Å². The summed E-state index contributed by atoms with van der Waals surface area (Å²) in [6, 6.07) is 14.6. The zero-order valence-corrected chi connectivity index (χ0v) is 21.1. The largest absolute Gasteiger partial charge is 0.326 e. The molecule has 4 aliphatic carbocycles. The first kappa shape index (κ1) is 23.9. The van der Waals surface area contributed by atoms with E-state index in [-0.39, 0.29) is 17.9 Å². The number of anilines is 3. The fourth-order valence-corrected chi connectivity index (χ4v) is 7.91. The average Bonchev–Trinajstić information content (AvgIpc) is 2.76. The van der Waals surface area contributed by atoms with Crippen LogP contribution in [0, 0.1) is 17.8 Å². The van der Waals surface area contributed by atoms with Crippen LogP contribution in [-0.2, 0) is 25.0 Å². The van der Waals surface area contributed by atoms with Crippen LogP contribution in [0.1, 0.15) is 51.0 Å². The van der Waals surface area contributed by atoms with E-state index in [1.54, 1.807) is 24.3 Å². The molecule has 8 heteroatoms. The number of nitrogens with one attached hydrogen (secondary N) is 2. The van der Waals surface area contributed by atoms with Crippen molar-refractivity contribution in [3.63, 3.8) is 0 Å². The number of rotatable bonds is 7. The lowest BCUT2D eigenvalue weighted by atomic mass is 9.48. The van der Waals surface area contributed by atoms with Crippen LogP contribution in [0.25, 0.3) is 0 Å². The monoisotopic (exact) mass is 495 g/mol. The standard InChI is InChI=1S/C27H33N3O4S/c1-18(31)28-23-4-3-5-24(13-23)29-26(32)17-30(35(2,33)34)25-8-6-22(7-9-25)27-14-19-10-20(15-27)12-21(11-19)16-27/h3-9,13,19-21H,10-12,14-17H2,1-2H3,(H,28,31)(H,29,32). The number of hydrogen-bond acceptors (Lipinski definition) is 4. The average molecular weight is 496 g/mol. The summed E-state index contributed by atoms with van der Waals surface area (Å²) in [7, 11) is -3.67. The topological polar surface area (TPSA) is 95.6 Å². The van der Waals surface area contributed by atoms with Crippen LogP contribution in [-0.4, -0.2) is 33.0 Å². The Kier molecular flexibility index (Phi) is 6.11. The minimum atomic E-state index is -3.67. The van der Waals surface area contributed by atoms with Gasteiger partial charge >= 0.3 is 0 Å². The molecule has 0 radical (unpaired) electrons. The van der Waals surface area contributed by atoms with Gasteiger partial charge in [0.25, 0.3) is 0 Å². The molecule has 0 aliphatic heterocycles. The molecule has 186 valence electrons. The van der Waals surface area contributed by atoms with Crippen molar-refractivity contribution in [2.24, 2.45) is 17.8 Å². The first-order valence-electron chi connectivity index (χ1n) is 12.4. The van der Waals surface area contributed by atoms with Crippen molar-refractivity contribution in [2.45, 2.75) is 50.9 Å². The summed E-state index contributed by atoms with van der Waals surface area (Å²) >= 11 is 0. The molecule has 2 aromatic rings. The van der Waals surface area contributed by atoms with Crippen LogP contribution in [0.4, 0.5) is 17.1 Å². The minimum absolute atomic E-state index is 0.214. The summed E-state index contributed by atoms with van der Waals surface area (Å²) in [5, 5.41) is 5.40. The SMILES string of the molecule is CC(=O)Nc1cccc(NC(=O)CN(c2ccc(C34CC5CC(CC(C5)C3)C4)cc2)S(C)(=O)=O)c1.